The Morgan fingerprint density at radius 2 is 1.83 bits per heavy atom. The Morgan fingerprint density at radius 1 is 1.11 bits per heavy atom. The van der Waals surface area contributed by atoms with Crippen molar-refractivity contribution in [3.05, 3.63) is 29.8 Å². The number of ether oxygens (including phenoxy) is 2. The number of aliphatic hydroxyl groups is 1. The van der Waals surface area contributed by atoms with E-state index in [-0.39, 0.29) is 0 Å². The van der Waals surface area contributed by atoms with Gasteiger partial charge in [0.05, 0.1) is 12.2 Å². The maximum absolute atomic E-state index is 10.8. The standard InChI is InChI=1S/C15H22O3/c1-17-11-12-18-14-8-4-3-7-13(14)15(16)9-5-2-6-10-15/h3-4,7-8,16H,2,5-6,9-12H2,1H3. The molecule has 1 aromatic carbocycles. The fourth-order valence-electron chi connectivity index (χ4n) is 2.62. The molecule has 0 amide bonds. The molecule has 0 spiro atoms. The Labute approximate surface area is 109 Å². The number of hydrogen-bond acceptors (Lipinski definition) is 3. The van der Waals surface area contributed by atoms with Crippen LogP contribution in [0.4, 0.5) is 0 Å². The van der Waals surface area contributed by atoms with Crippen molar-refractivity contribution in [2.45, 2.75) is 37.7 Å². The van der Waals surface area contributed by atoms with Gasteiger partial charge in [-0.25, -0.2) is 0 Å². The molecule has 0 aromatic heterocycles. The SMILES string of the molecule is COCCOc1ccccc1C1(O)CCCCC1. The van der Waals surface area contributed by atoms with E-state index in [1.807, 2.05) is 24.3 Å². The molecule has 1 N–H and O–H groups in total. The zero-order valence-corrected chi connectivity index (χ0v) is 11.0. The minimum absolute atomic E-state index is 0.517. The second-order valence-electron chi connectivity index (χ2n) is 4.93. The highest BCUT2D eigenvalue weighted by Gasteiger charge is 2.33. The molecule has 1 saturated carbocycles. The first-order valence-electron chi connectivity index (χ1n) is 6.70. The molecule has 2 rings (SSSR count). The molecule has 18 heavy (non-hydrogen) atoms. The molecular formula is C15H22O3. The van der Waals surface area contributed by atoms with Crippen molar-refractivity contribution < 1.29 is 14.6 Å². The van der Waals surface area contributed by atoms with E-state index in [0.29, 0.717) is 13.2 Å². The Bertz CT molecular complexity index is 370. The molecule has 100 valence electrons. The number of benzene rings is 1. The molecule has 1 aromatic rings. The first-order valence-corrected chi connectivity index (χ1v) is 6.70. The van der Waals surface area contributed by atoms with E-state index in [4.69, 9.17) is 9.47 Å². The topological polar surface area (TPSA) is 38.7 Å². The number of methoxy groups -OCH3 is 1. The van der Waals surface area contributed by atoms with Crippen LogP contribution in [0.3, 0.4) is 0 Å². The molecule has 0 aliphatic heterocycles. The van der Waals surface area contributed by atoms with Crippen LogP contribution >= 0.6 is 0 Å². The highest BCUT2D eigenvalue weighted by Crippen LogP contribution is 2.40. The van der Waals surface area contributed by atoms with Gasteiger partial charge in [-0.1, -0.05) is 37.5 Å². The van der Waals surface area contributed by atoms with Crippen molar-refractivity contribution in [2.24, 2.45) is 0 Å². The van der Waals surface area contributed by atoms with Gasteiger partial charge in [-0.15, -0.1) is 0 Å². The van der Waals surface area contributed by atoms with Gasteiger partial charge in [-0.05, 0) is 18.9 Å². The second kappa shape index (κ2) is 6.21. The van der Waals surface area contributed by atoms with Crippen LogP contribution in [-0.2, 0) is 10.3 Å². The van der Waals surface area contributed by atoms with Crippen molar-refractivity contribution in [3.63, 3.8) is 0 Å². The molecule has 3 nitrogen and oxygen atoms in total. The molecule has 0 radical (unpaired) electrons. The summed E-state index contributed by atoms with van der Waals surface area (Å²) in [5.41, 5.74) is 0.225. The Morgan fingerprint density at radius 3 is 2.56 bits per heavy atom. The Hall–Kier alpha value is -1.06. The van der Waals surface area contributed by atoms with E-state index in [9.17, 15) is 5.11 Å². The first-order chi connectivity index (χ1) is 8.76. The molecule has 0 unspecified atom stereocenters. The van der Waals surface area contributed by atoms with Crippen LogP contribution in [0.25, 0.3) is 0 Å². The van der Waals surface area contributed by atoms with Gasteiger partial charge in [0.25, 0.3) is 0 Å². The van der Waals surface area contributed by atoms with E-state index in [0.717, 1.165) is 37.0 Å². The highest BCUT2D eigenvalue weighted by atomic mass is 16.5. The van der Waals surface area contributed by atoms with Crippen LogP contribution in [0, 0.1) is 0 Å². The van der Waals surface area contributed by atoms with Gasteiger partial charge in [-0.2, -0.15) is 0 Å². The lowest BCUT2D eigenvalue weighted by molar-refractivity contribution is -0.00348. The van der Waals surface area contributed by atoms with E-state index in [1.165, 1.54) is 6.42 Å². The maximum Gasteiger partial charge on any atom is 0.125 e. The summed E-state index contributed by atoms with van der Waals surface area (Å²) in [6, 6.07) is 7.81. The number of hydrogen-bond donors (Lipinski definition) is 1. The van der Waals surface area contributed by atoms with Gasteiger partial charge in [0.2, 0.25) is 0 Å². The van der Waals surface area contributed by atoms with E-state index < -0.39 is 5.60 Å². The monoisotopic (exact) mass is 250 g/mol. The quantitative estimate of drug-likeness (QED) is 0.817. The Kier molecular flexibility index (Phi) is 4.61. The number of rotatable bonds is 5. The third kappa shape index (κ3) is 3.03. The van der Waals surface area contributed by atoms with Crippen LogP contribution in [0.5, 0.6) is 5.75 Å². The largest absolute Gasteiger partial charge is 0.491 e. The molecule has 3 heteroatoms. The minimum Gasteiger partial charge on any atom is -0.491 e. The van der Waals surface area contributed by atoms with Crippen LogP contribution < -0.4 is 4.74 Å². The fraction of sp³-hybridized carbons (Fsp3) is 0.600. The molecule has 0 heterocycles. The highest BCUT2D eigenvalue weighted by molar-refractivity contribution is 5.38. The van der Waals surface area contributed by atoms with Crippen LogP contribution in [-0.4, -0.2) is 25.4 Å². The summed E-state index contributed by atoms with van der Waals surface area (Å²) in [7, 11) is 1.66. The van der Waals surface area contributed by atoms with Gasteiger partial charge >= 0.3 is 0 Å². The van der Waals surface area contributed by atoms with Crippen molar-refractivity contribution >= 4 is 0 Å². The lowest BCUT2D eigenvalue weighted by Crippen LogP contribution is -2.29. The third-order valence-electron chi connectivity index (χ3n) is 3.61. The number of para-hydroxylation sites is 1. The summed E-state index contributed by atoms with van der Waals surface area (Å²) in [5, 5.41) is 10.8. The molecule has 1 aliphatic rings. The average molecular weight is 250 g/mol. The Balaban J connectivity index is 2.15. The van der Waals surface area contributed by atoms with Gasteiger partial charge in [0.15, 0.2) is 0 Å². The minimum atomic E-state index is -0.706. The summed E-state index contributed by atoms with van der Waals surface area (Å²) in [4.78, 5) is 0. The smallest absolute Gasteiger partial charge is 0.125 e. The lowest BCUT2D eigenvalue weighted by atomic mass is 9.79. The van der Waals surface area contributed by atoms with E-state index in [2.05, 4.69) is 0 Å². The van der Waals surface area contributed by atoms with Crippen LogP contribution in [0.1, 0.15) is 37.7 Å². The fourth-order valence-corrected chi connectivity index (χ4v) is 2.62. The molecule has 0 saturated heterocycles. The second-order valence-corrected chi connectivity index (χ2v) is 4.93. The predicted octanol–water partition coefficient (Wildman–Crippen LogP) is 2.86. The van der Waals surface area contributed by atoms with Crippen molar-refractivity contribution in [1.82, 2.24) is 0 Å². The van der Waals surface area contributed by atoms with Crippen molar-refractivity contribution in [3.8, 4) is 5.75 Å². The average Bonchev–Trinajstić information content (AvgIpc) is 2.40. The molecule has 1 aliphatic carbocycles. The normalized spacial score (nSPS) is 18.6. The predicted molar refractivity (Wildman–Crippen MR) is 70.8 cm³/mol. The van der Waals surface area contributed by atoms with Crippen molar-refractivity contribution in [1.29, 1.82) is 0 Å². The lowest BCUT2D eigenvalue weighted by Gasteiger charge is -2.33. The van der Waals surface area contributed by atoms with Gasteiger partial charge in [0.1, 0.15) is 12.4 Å². The van der Waals surface area contributed by atoms with Crippen LogP contribution in [0.15, 0.2) is 24.3 Å². The van der Waals surface area contributed by atoms with Gasteiger partial charge in [-0.3, -0.25) is 0 Å². The van der Waals surface area contributed by atoms with Crippen LogP contribution in [0.2, 0.25) is 0 Å². The van der Waals surface area contributed by atoms with E-state index >= 15 is 0 Å². The van der Waals surface area contributed by atoms with Gasteiger partial charge in [0, 0.05) is 12.7 Å². The summed E-state index contributed by atoms with van der Waals surface area (Å²) in [6.45, 7) is 1.08. The molecule has 0 bridgehead atoms. The van der Waals surface area contributed by atoms with E-state index in [1.54, 1.807) is 7.11 Å². The maximum atomic E-state index is 10.8. The summed E-state index contributed by atoms with van der Waals surface area (Å²) < 4.78 is 10.7. The first kappa shape index (κ1) is 13.4. The summed E-state index contributed by atoms with van der Waals surface area (Å²) in [6.07, 6.45) is 5.05. The summed E-state index contributed by atoms with van der Waals surface area (Å²) >= 11 is 0. The molecule has 1 fully saturated rings. The van der Waals surface area contributed by atoms with Gasteiger partial charge < -0.3 is 14.6 Å². The zero-order chi connectivity index (χ0) is 12.8. The molecular weight excluding hydrogens is 228 g/mol. The zero-order valence-electron chi connectivity index (χ0n) is 11.0. The summed E-state index contributed by atoms with van der Waals surface area (Å²) in [5.74, 6) is 0.791. The molecule has 0 atom stereocenters. The third-order valence-corrected chi connectivity index (χ3v) is 3.61. The van der Waals surface area contributed by atoms with Crippen molar-refractivity contribution in [2.75, 3.05) is 20.3 Å².